The molecule has 0 aromatic carbocycles. The largest absolute Gasteiger partial charge is 0.466 e. The van der Waals surface area contributed by atoms with Gasteiger partial charge in [0.25, 0.3) is 0 Å². The zero-order valence-electron chi connectivity index (χ0n) is 8.41. The first-order valence-electron chi connectivity index (χ1n) is 4.48. The number of nitrogens with zero attached hydrogens (tertiary/aromatic N) is 2. The van der Waals surface area contributed by atoms with Gasteiger partial charge in [0.05, 0.1) is 18.7 Å². The highest BCUT2D eigenvalue weighted by molar-refractivity contribution is 5.71. The molecule has 1 heterocycles. The molecule has 0 aliphatic rings. The van der Waals surface area contributed by atoms with Crippen LogP contribution in [0, 0.1) is 0 Å². The smallest absolute Gasteiger partial charge is 0.451 e. The maximum atomic E-state index is 12.2. The Morgan fingerprint density at radius 3 is 2.75 bits per heavy atom. The molecule has 1 aromatic heterocycles. The van der Waals surface area contributed by atoms with E-state index in [2.05, 4.69) is 14.7 Å². The summed E-state index contributed by atoms with van der Waals surface area (Å²) in [5.41, 5.74) is -0.0132. The van der Waals surface area contributed by atoms with Crippen molar-refractivity contribution in [1.29, 1.82) is 0 Å². The Morgan fingerprint density at radius 1 is 1.50 bits per heavy atom. The van der Waals surface area contributed by atoms with Crippen molar-refractivity contribution in [2.75, 3.05) is 6.61 Å². The normalized spacial score (nSPS) is 11.2. The van der Waals surface area contributed by atoms with E-state index >= 15 is 0 Å². The van der Waals surface area contributed by atoms with E-state index < -0.39 is 18.0 Å². The summed E-state index contributed by atoms with van der Waals surface area (Å²) < 4.78 is 41.2. The van der Waals surface area contributed by atoms with Gasteiger partial charge in [-0.15, -0.1) is 0 Å². The number of halogens is 3. The lowest BCUT2D eigenvalue weighted by molar-refractivity contribution is -0.146. The van der Waals surface area contributed by atoms with Crippen molar-refractivity contribution in [2.24, 2.45) is 0 Å². The molecule has 0 atom stereocenters. The van der Waals surface area contributed by atoms with Crippen LogP contribution in [0.2, 0.25) is 0 Å². The lowest BCUT2D eigenvalue weighted by atomic mass is 10.3. The predicted molar refractivity (Wildman–Crippen MR) is 47.4 cm³/mol. The van der Waals surface area contributed by atoms with Crippen LogP contribution in [0.5, 0.6) is 0 Å². The molecule has 0 unspecified atom stereocenters. The van der Waals surface area contributed by atoms with E-state index in [4.69, 9.17) is 0 Å². The predicted octanol–water partition coefficient (Wildman–Crippen LogP) is 1.60. The summed E-state index contributed by atoms with van der Waals surface area (Å²) in [4.78, 5) is 17.3. The third-order valence-electron chi connectivity index (χ3n) is 1.60. The molecule has 0 radical (unpaired) electrons. The number of aromatic nitrogens is 2. The van der Waals surface area contributed by atoms with E-state index in [9.17, 15) is 18.0 Å². The van der Waals surface area contributed by atoms with Crippen molar-refractivity contribution in [1.82, 2.24) is 9.97 Å². The van der Waals surface area contributed by atoms with E-state index in [1.54, 1.807) is 6.92 Å². The monoisotopic (exact) mass is 234 g/mol. The molecule has 7 heteroatoms. The lowest BCUT2D eigenvalue weighted by Gasteiger charge is -2.06. The summed E-state index contributed by atoms with van der Waals surface area (Å²) in [6.45, 7) is 1.79. The van der Waals surface area contributed by atoms with Crippen LogP contribution < -0.4 is 0 Å². The molecule has 1 rings (SSSR count). The Hall–Kier alpha value is -1.66. The van der Waals surface area contributed by atoms with Crippen molar-refractivity contribution >= 4 is 5.97 Å². The molecule has 88 valence electrons. The molecule has 4 nitrogen and oxygen atoms in total. The molecule has 0 N–H and O–H groups in total. The molecule has 0 aliphatic heterocycles. The number of carbonyl (C=O) groups excluding carboxylic acids is 1. The van der Waals surface area contributed by atoms with E-state index in [0.717, 1.165) is 6.20 Å². The molecule has 0 fully saturated rings. The maximum absolute atomic E-state index is 12.2. The van der Waals surface area contributed by atoms with Gasteiger partial charge in [0.15, 0.2) is 0 Å². The van der Waals surface area contributed by atoms with E-state index in [1.807, 2.05) is 0 Å². The molecule has 0 spiro atoms. The molecule has 0 aliphatic carbocycles. The summed E-state index contributed by atoms with van der Waals surface area (Å²) in [7, 11) is 0. The van der Waals surface area contributed by atoms with Crippen molar-refractivity contribution in [3.05, 3.63) is 23.8 Å². The highest BCUT2D eigenvalue weighted by atomic mass is 19.4. The minimum absolute atomic E-state index is 0.0132. The van der Waals surface area contributed by atoms with Gasteiger partial charge < -0.3 is 4.74 Å². The second-order valence-electron chi connectivity index (χ2n) is 2.85. The van der Waals surface area contributed by atoms with Gasteiger partial charge in [0.1, 0.15) is 0 Å². The van der Waals surface area contributed by atoms with Gasteiger partial charge in [-0.1, -0.05) is 0 Å². The molecule has 16 heavy (non-hydrogen) atoms. The second kappa shape index (κ2) is 4.91. The summed E-state index contributed by atoms with van der Waals surface area (Å²) in [6.07, 6.45) is -3.94. The van der Waals surface area contributed by atoms with Gasteiger partial charge in [-0.25, -0.2) is 9.97 Å². The third kappa shape index (κ3) is 3.48. The van der Waals surface area contributed by atoms with Gasteiger partial charge in [-0.3, -0.25) is 4.79 Å². The van der Waals surface area contributed by atoms with Gasteiger partial charge in [-0.2, -0.15) is 13.2 Å². The molecule has 1 aromatic rings. The van der Waals surface area contributed by atoms with Gasteiger partial charge in [-0.05, 0) is 13.0 Å². The van der Waals surface area contributed by atoms with Crippen LogP contribution in [0.1, 0.15) is 18.4 Å². The Morgan fingerprint density at radius 2 is 2.19 bits per heavy atom. The number of rotatable bonds is 3. The number of alkyl halides is 3. The van der Waals surface area contributed by atoms with E-state index in [1.165, 1.54) is 6.07 Å². The third-order valence-corrected chi connectivity index (χ3v) is 1.60. The SMILES string of the molecule is CCOC(=O)Cc1ccnc(C(F)(F)F)n1. The van der Waals surface area contributed by atoms with Crippen LogP contribution in [-0.2, 0) is 22.1 Å². The summed E-state index contributed by atoms with van der Waals surface area (Å²) in [5, 5.41) is 0. The molecule has 0 bridgehead atoms. The Balaban J connectivity index is 2.79. The average molecular weight is 234 g/mol. The van der Waals surface area contributed by atoms with Crippen LogP contribution >= 0.6 is 0 Å². The van der Waals surface area contributed by atoms with Gasteiger partial charge in [0, 0.05) is 6.20 Å². The number of hydrogen-bond donors (Lipinski definition) is 0. The summed E-state index contributed by atoms with van der Waals surface area (Å²) in [5.74, 6) is -1.87. The standard InChI is InChI=1S/C9H9F3N2O2/c1-2-16-7(15)5-6-3-4-13-8(14-6)9(10,11)12/h3-4H,2,5H2,1H3. The van der Waals surface area contributed by atoms with Gasteiger partial charge in [0.2, 0.25) is 5.82 Å². The van der Waals surface area contributed by atoms with Crippen LogP contribution in [0.3, 0.4) is 0 Å². The Kier molecular flexibility index (Phi) is 3.81. The molecule has 0 saturated carbocycles. The zero-order chi connectivity index (χ0) is 12.2. The topological polar surface area (TPSA) is 52.1 Å². The van der Waals surface area contributed by atoms with Crippen molar-refractivity contribution in [3.63, 3.8) is 0 Å². The minimum Gasteiger partial charge on any atom is -0.466 e. The highest BCUT2D eigenvalue weighted by Gasteiger charge is 2.34. The van der Waals surface area contributed by atoms with Crippen molar-refractivity contribution < 1.29 is 22.7 Å². The van der Waals surface area contributed by atoms with Crippen LogP contribution in [0.25, 0.3) is 0 Å². The first-order valence-corrected chi connectivity index (χ1v) is 4.48. The van der Waals surface area contributed by atoms with E-state index in [0.29, 0.717) is 0 Å². The van der Waals surface area contributed by atoms with Gasteiger partial charge >= 0.3 is 12.1 Å². The highest BCUT2D eigenvalue weighted by Crippen LogP contribution is 2.25. The van der Waals surface area contributed by atoms with Crippen molar-refractivity contribution in [3.8, 4) is 0 Å². The van der Waals surface area contributed by atoms with Crippen LogP contribution in [0.4, 0.5) is 13.2 Å². The fourth-order valence-electron chi connectivity index (χ4n) is 0.991. The number of hydrogen-bond acceptors (Lipinski definition) is 4. The first-order chi connectivity index (χ1) is 7.43. The van der Waals surface area contributed by atoms with Crippen LogP contribution in [0.15, 0.2) is 12.3 Å². The fraction of sp³-hybridized carbons (Fsp3) is 0.444. The Labute approximate surface area is 89.5 Å². The average Bonchev–Trinajstić information content (AvgIpc) is 2.17. The number of carbonyl (C=O) groups is 1. The first kappa shape index (κ1) is 12.4. The Bertz CT molecular complexity index is 379. The van der Waals surface area contributed by atoms with Crippen LogP contribution in [-0.4, -0.2) is 22.5 Å². The number of ether oxygens (including phenoxy) is 1. The molecular weight excluding hydrogens is 225 g/mol. The van der Waals surface area contributed by atoms with Crippen molar-refractivity contribution in [2.45, 2.75) is 19.5 Å². The number of esters is 1. The molecule has 0 saturated heterocycles. The summed E-state index contributed by atoms with van der Waals surface area (Å²) in [6, 6.07) is 1.24. The quantitative estimate of drug-likeness (QED) is 0.745. The minimum atomic E-state index is -4.61. The zero-order valence-corrected chi connectivity index (χ0v) is 8.41. The maximum Gasteiger partial charge on any atom is 0.451 e. The summed E-state index contributed by atoms with van der Waals surface area (Å²) >= 11 is 0. The second-order valence-corrected chi connectivity index (χ2v) is 2.85. The lowest BCUT2D eigenvalue weighted by Crippen LogP contribution is -2.14. The molecule has 0 amide bonds. The molecular formula is C9H9F3N2O2. The fourth-order valence-corrected chi connectivity index (χ4v) is 0.991. The van der Waals surface area contributed by atoms with E-state index in [-0.39, 0.29) is 18.7 Å².